The molecule has 20 heavy (non-hydrogen) atoms. The number of sulfone groups is 1. The zero-order chi connectivity index (χ0) is 14.8. The SMILES string of the molecule is CNC(C)c1ccc(N2CCCS(=O)(=O)CC2)c(Br)c1. The van der Waals surface area contributed by atoms with Gasteiger partial charge in [-0.25, -0.2) is 8.42 Å². The molecule has 1 N–H and O–H groups in total. The average molecular weight is 361 g/mol. The lowest BCUT2D eigenvalue weighted by Gasteiger charge is -2.24. The van der Waals surface area contributed by atoms with Crippen molar-refractivity contribution in [2.75, 3.05) is 36.5 Å². The minimum atomic E-state index is -2.87. The number of hydrogen-bond acceptors (Lipinski definition) is 4. The van der Waals surface area contributed by atoms with Crippen molar-refractivity contribution in [2.45, 2.75) is 19.4 Å². The maximum Gasteiger partial charge on any atom is 0.152 e. The van der Waals surface area contributed by atoms with E-state index in [2.05, 4.69) is 51.3 Å². The molecule has 4 nitrogen and oxygen atoms in total. The van der Waals surface area contributed by atoms with Crippen LogP contribution in [0.25, 0.3) is 0 Å². The summed E-state index contributed by atoms with van der Waals surface area (Å²) in [6.45, 7) is 3.47. The predicted molar refractivity (Wildman–Crippen MR) is 87.1 cm³/mol. The first kappa shape index (κ1) is 15.8. The number of nitrogens with zero attached hydrogens (tertiary/aromatic N) is 1. The quantitative estimate of drug-likeness (QED) is 0.898. The molecule has 0 aliphatic carbocycles. The third-order valence-electron chi connectivity index (χ3n) is 3.80. The van der Waals surface area contributed by atoms with Crippen LogP contribution in [-0.4, -0.2) is 40.1 Å². The summed E-state index contributed by atoms with van der Waals surface area (Å²) in [6.07, 6.45) is 0.698. The average Bonchev–Trinajstić information content (AvgIpc) is 2.59. The Bertz CT molecular complexity index is 575. The van der Waals surface area contributed by atoms with Gasteiger partial charge in [0.25, 0.3) is 0 Å². The third kappa shape index (κ3) is 3.74. The lowest BCUT2D eigenvalue weighted by Crippen LogP contribution is -2.27. The molecule has 0 spiro atoms. The fourth-order valence-corrected chi connectivity index (χ4v) is 4.31. The highest BCUT2D eigenvalue weighted by atomic mass is 79.9. The Morgan fingerprint density at radius 2 is 2.05 bits per heavy atom. The van der Waals surface area contributed by atoms with Crippen molar-refractivity contribution in [2.24, 2.45) is 0 Å². The summed E-state index contributed by atoms with van der Waals surface area (Å²) < 4.78 is 24.4. The lowest BCUT2D eigenvalue weighted by molar-refractivity contribution is 0.597. The van der Waals surface area contributed by atoms with E-state index >= 15 is 0 Å². The van der Waals surface area contributed by atoms with Crippen molar-refractivity contribution in [3.05, 3.63) is 28.2 Å². The van der Waals surface area contributed by atoms with Crippen molar-refractivity contribution in [3.8, 4) is 0 Å². The maximum absolute atomic E-state index is 11.7. The molecule has 2 rings (SSSR count). The number of hydrogen-bond donors (Lipinski definition) is 1. The third-order valence-corrected chi connectivity index (χ3v) is 6.15. The highest BCUT2D eigenvalue weighted by Gasteiger charge is 2.20. The van der Waals surface area contributed by atoms with Crippen molar-refractivity contribution in [1.29, 1.82) is 0 Å². The Morgan fingerprint density at radius 3 is 2.70 bits per heavy atom. The summed E-state index contributed by atoms with van der Waals surface area (Å²) in [4.78, 5) is 2.16. The van der Waals surface area contributed by atoms with Gasteiger partial charge in [-0.15, -0.1) is 0 Å². The topological polar surface area (TPSA) is 49.4 Å². The molecule has 0 radical (unpaired) electrons. The number of halogens is 1. The molecular weight excluding hydrogens is 340 g/mol. The fraction of sp³-hybridized carbons (Fsp3) is 0.571. The minimum Gasteiger partial charge on any atom is -0.370 e. The van der Waals surface area contributed by atoms with Gasteiger partial charge in [-0.3, -0.25) is 0 Å². The van der Waals surface area contributed by atoms with Crippen LogP contribution in [0.1, 0.15) is 24.9 Å². The van der Waals surface area contributed by atoms with Gasteiger partial charge in [-0.2, -0.15) is 0 Å². The van der Waals surface area contributed by atoms with Crippen LogP contribution in [0.15, 0.2) is 22.7 Å². The molecule has 1 atom stereocenters. The molecule has 0 bridgehead atoms. The normalized spacial score (nSPS) is 20.4. The van der Waals surface area contributed by atoms with Crippen LogP contribution in [-0.2, 0) is 9.84 Å². The van der Waals surface area contributed by atoms with Crippen LogP contribution in [0.3, 0.4) is 0 Å². The Labute approximate surface area is 129 Å². The Hall–Kier alpha value is -0.590. The molecule has 1 aliphatic rings. The molecular formula is C14H21BrN2O2S. The number of nitrogens with one attached hydrogen (secondary N) is 1. The molecule has 1 saturated heterocycles. The highest BCUT2D eigenvalue weighted by molar-refractivity contribution is 9.10. The van der Waals surface area contributed by atoms with Gasteiger partial charge in [-0.1, -0.05) is 6.07 Å². The Kier molecular flexibility index (Phi) is 5.09. The van der Waals surface area contributed by atoms with Crippen LogP contribution in [0.5, 0.6) is 0 Å². The van der Waals surface area contributed by atoms with Gasteiger partial charge in [-0.05, 0) is 54.0 Å². The van der Waals surface area contributed by atoms with Gasteiger partial charge >= 0.3 is 0 Å². The summed E-state index contributed by atoms with van der Waals surface area (Å²) >= 11 is 3.62. The number of anilines is 1. The molecule has 6 heteroatoms. The molecule has 1 aliphatic heterocycles. The standard InChI is InChI=1S/C14H21BrN2O2S/c1-11(16-2)12-4-5-14(13(15)10-12)17-6-3-8-20(18,19)9-7-17/h4-5,10-11,16H,3,6-9H2,1-2H3. The molecule has 1 unspecified atom stereocenters. The van der Waals surface area contributed by atoms with Crippen LogP contribution < -0.4 is 10.2 Å². The zero-order valence-corrected chi connectivity index (χ0v) is 14.3. The molecule has 1 aromatic carbocycles. The second-order valence-corrected chi connectivity index (χ2v) is 8.37. The lowest BCUT2D eigenvalue weighted by atomic mass is 10.1. The van der Waals surface area contributed by atoms with Gasteiger partial charge in [0, 0.05) is 23.6 Å². The van der Waals surface area contributed by atoms with E-state index in [-0.39, 0.29) is 5.75 Å². The molecule has 0 saturated carbocycles. The van der Waals surface area contributed by atoms with Crippen molar-refractivity contribution in [1.82, 2.24) is 5.32 Å². The van der Waals surface area contributed by atoms with Gasteiger partial charge in [0.05, 0.1) is 17.2 Å². The van der Waals surface area contributed by atoms with Gasteiger partial charge in [0.15, 0.2) is 9.84 Å². The summed E-state index contributed by atoms with van der Waals surface area (Å²) in [5, 5.41) is 3.21. The molecule has 1 heterocycles. The molecule has 0 aromatic heterocycles. The molecule has 1 aromatic rings. The van der Waals surface area contributed by atoms with Crippen LogP contribution in [0.4, 0.5) is 5.69 Å². The van der Waals surface area contributed by atoms with E-state index in [1.54, 1.807) is 0 Å². The van der Waals surface area contributed by atoms with Crippen molar-refractivity contribution in [3.63, 3.8) is 0 Å². The smallest absolute Gasteiger partial charge is 0.152 e. The van der Waals surface area contributed by atoms with E-state index in [1.807, 2.05) is 7.05 Å². The predicted octanol–water partition coefficient (Wildman–Crippen LogP) is 2.35. The summed E-state index contributed by atoms with van der Waals surface area (Å²) in [5.74, 6) is 0.546. The van der Waals surface area contributed by atoms with Gasteiger partial charge < -0.3 is 10.2 Å². The van der Waals surface area contributed by atoms with E-state index < -0.39 is 9.84 Å². The second kappa shape index (κ2) is 6.45. The van der Waals surface area contributed by atoms with Crippen molar-refractivity contribution >= 4 is 31.5 Å². The van der Waals surface area contributed by atoms with Crippen LogP contribution in [0.2, 0.25) is 0 Å². The van der Waals surface area contributed by atoms with Crippen LogP contribution >= 0.6 is 15.9 Å². The fourth-order valence-electron chi connectivity index (χ4n) is 2.39. The van der Waals surface area contributed by atoms with Gasteiger partial charge in [0.1, 0.15) is 0 Å². The molecule has 1 fully saturated rings. The van der Waals surface area contributed by atoms with E-state index in [0.29, 0.717) is 24.8 Å². The van der Waals surface area contributed by atoms with Crippen molar-refractivity contribution < 1.29 is 8.42 Å². The molecule has 112 valence electrons. The number of benzene rings is 1. The highest BCUT2D eigenvalue weighted by Crippen LogP contribution is 2.30. The molecule has 0 amide bonds. The monoisotopic (exact) mass is 360 g/mol. The van der Waals surface area contributed by atoms with Crippen LogP contribution in [0, 0.1) is 0 Å². The summed E-state index contributed by atoms with van der Waals surface area (Å²) in [6, 6.07) is 6.58. The largest absolute Gasteiger partial charge is 0.370 e. The van der Waals surface area contributed by atoms with Gasteiger partial charge in [0.2, 0.25) is 0 Å². The second-order valence-electron chi connectivity index (χ2n) is 5.21. The van der Waals surface area contributed by atoms with E-state index in [0.717, 1.165) is 16.7 Å². The Balaban J connectivity index is 2.20. The Morgan fingerprint density at radius 1 is 1.30 bits per heavy atom. The first-order valence-electron chi connectivity index (χ1n) is 6.85. The zero-order valence-electron chi connectivity index (χ0n) is 11.9. The maximum atomic E-state index is 11.7. The summed E-state index contributed by atoms with van der Waals surface area (Å²) in [5.41, 5.74) is 2.29. The van der Waals surface area contributed by atoms with E-state index in [4.69, 9.17) is 0 Å². The first-order chi connectivity index (χ1) is 9.43. The van der Waals surface area contributed by atoms with E-state index in [1.165, 1.54) is 5.56 Å². The summed E-state index contributed by atoms with van der Waals surface area (Å²) in [7, 11) is -0.929. The minimum absolute atomic E-state index is 0.244. The first-order valence-corrected chi connectivity index (χ1v) is 9.46. The number of rotatable bonds is 3. The van der Waals surface area contributed by atoms with E-state index in [9.17, 15) is 8.42 Å².